The van der Waals surface area contributed by atoms with E-state index >= 15 is 0 Å². The molecule has 0 saturated carbocycles. The van der Waals surface area contributed by atoms with Gasteiger partial charge < -0.3 is 9.84 Å². The predicted molar refractivity (Wildman–Crippen MR) is 61.0 cm³/mol. The normalized spacial score (nSPS) is 31.7. The Labute approximate surface area is 102 Å². The van der Waals surface area contributed by atoms with Gasteiger partial charge in [-0.15, -0.1) is 0 Å². The summed E-state index contributed by atoms with van der Waals surface area (Å²) < 4.78 is 20.5. The van der Waals surface area contributed by atoms with Gasteiger partial charge in [-0.2, -0.15) is 0 Å². The minimum Gasteiger partial charge on any atom is -0.394 e. The average molecular weight is 258 g/mol. The first-order valence-corrected chi connectivity index (χ1v) is 5.80. The first-order valence-electron chi connectivity index (χ1n) is 5.80. The summed E-state index contributed by atoms with van der Waals surface area (Å²) in [6.45, 7) is 1.49. The molecule has 0 aromatic carbocycles. The van der Waals surface area contributed by atoms with Crippen LogP contribution in [0, 0.1) is 5.92 Å². The number of hydrogen-bond donors (Lipinski definition) is 2. The van der Waals surface area contributed by atoms with Gasteiger partial charge in [0.25, 0.3) is 5.56 Å². The molecule has 1 aliphatic heterocycles. The van der Waals surface area contributed by atoms with E-state index in [1.165, 1.54) is 6.20 Å². The number of rotatable bonds is 3. The van der Waals surface area contributed by atoms with Crippen LogP contribution in [0.5, 0.6) is 0 Å². The summed E-state index contributed by atoms with van der Waals surface area (Å²) >= 11 is 0. The van der Waals surface area contributed by atoms with Gasteiger partial charge in [-0.1, -0.05) is 6.92 Å². The number of aliphatic hydroxyl groups excluding tert-OH is 1. The molecule has 0 amide bonds. The lowest BCUT2D eigenvalue weighted by atomic mass is 9.96. The molecule has 0 unspecified atom stereocenters. The van der Waals surface area contributed by atoms with Crippen molar-refractivity contribution in [2.75, 3.05) is 6.61 Å². The summed E-state index contributed by atoms with van der Waals surface area (Å²) in [6, 6.07) is 1.13. The number of nitrogens with zero attached hydrogens (tertiary/aromatic N) is 1. The van der Waals surface area contributed by atoms with E-state index < -0.39 is 35.7 Å². The van der Waals surface area contributed by atoms with Gasteiger partial charge in [0.1, 0.15) is 0 Å². The predicted octanol–water partition coefficient (Wildman–Crippen LogP) is -0.209. The third-order valence-electron chi connectivity index (χ3n) is 3.25. The monoisotopic (exact) mass is 258 g/mol. The highest BCUT2D eigenvalue weighted by atomic mass is 19.1. The van der Waals surface area contributed by atoms with E-state index in [4.69, 9.17) is 9.84 Å². The molecule has 1 fully saturated rings. The Morgan fingerprint density at radius 2 is 2.28 bits per heavy atom. The quantitative estimate of drug-likeness (QED) is 0.785. The highest BCUT2D eigenvalue weighted by Gasteiger charge is 2.44. The first kappa shape index (κ1) is 13.0. The van der Waals surface area contributed by atoms with Crippen molar-refractivity contribution in [1.82, 2.24) is 9.55 Å². The van der Waals surface area contributed by atoms with Crippen LogP contribution in [0.1, 0.15) is 19.6 Å². The number of halogens is 1. The van der Waals surface area contributed by atoms with Crippen LogP contribution >= 0.6 is 0 Å². The van der Waals surface area contributed by atoms with Crippen LogP contribution in [0.3, 0.4) is 0 Å². The maximum atomic E-state index is 14.2. The number of ether oxygens (including phenoxy) is 1. The maximum absolute atomic E-state index is 14.2. The Bertz CT molecular complexity index is 526. The van der Waals surface area contributed by atoms with Gasteiger partial charge in [-0.3, -0.25) is 14.3 Å². The molecule has 0 spiro atoms. The smallest absolute Gasteiger partial charge is 0.330 e. The van der Waals surface area contributed by atoms with E-state index in [0.717, 1.165) is 10.6 Å². The van der Waals surface area contributed by atoms with Gasteiger partial charge in [-0.25, -0.2) is 9.18 Å². The number of aromatic amines is 1. The fraction of sp³-hybridized carbons (Fsp3) is 0.636. The van der Waals surface area contributed by atoms with Crippen LogP contribution < -0.4 is 11.2 Å². The van der Waals surface area contributed by atoms with E-state index in [9.17, 15) is 14.0 Å². The lowest BCUT2D eigenvalue weighted by Crippen LogP contribution is -2.34. The molecule has 7 heteroatoms. The Morgan fingerprint density at radius 3 is 2.78 bits per heavy atom. The van der Waals surface area contributed by atoms with Gasteiger partial charge in [0.2, 0.25) is 0 Å². The van der Waals surface area contributed by atoms with Gasteiger partial charge in [0.15, 0.2) is 12.4 Å². The molecule has 2 heterocycles. The van der Waals surface area contributed by atoms with Crippen LogP contribution in [-0.4, -0.2) is 33.5 Å². The van der Waals surface area contributed by atoms with Crippen LogP contribution in [0.2, 0.25) is 0 Å². The van der Waals surface area contributed by atoms with Crippen molar-refractivity contribution in [2.45, 2.75) is 31.8 Å². The molecule has 18 heavy (non-hydrogen) atoms. The number of aliphatic hydroxyl groups is 1. The molecule has 4 atom stereocenters. The Morgan fingerprint density at radius 1 is 1.56 bits per heavy atom. The topological polar surface area (TPSA) is 84.3 Å². The lowest BCUT2D eigenvalue weighted by Gasteiger charge is -2.16. The van der Waals surface area contributed by atoms with Gasteiger partial charge in [0, 0.05) is 18.2 Å². The summed E-state index contributed by atoms with van der Waals surface area (Å²) in [5.74, 6) is -0.459. The van der Waals surface area contributed by atoms with Crippen molar-refractivity contribution in [2.24, 2.45) is 5.92 Å². The van der Waals surface area contributed by atoms with Crippen LogP contribution in [0.15, 0.2) is 21.9 Å². The highest BCUT2D eigenvalue weighted by molar-refractivity contribution is 4.92. The Kier molecular flexibility index (Phi) is 3.63. The zero-order valence-corrected chi connectivity index (χ0v) is 9.88. The van der Waals surface area contributed by atoms with E-state index in [2.05, 4.69) is 0 Å². The summed E-state index contributed by atoms with van der Waals surface area (Å²) in [6.07, 6.45) is -1.42. The Hall–Kier alpha value is -1.47. The molecular formula is C11H15FN2O4. The first-order chi connectivity index (χ1) is 8.58. The molecule has 1 saturated heterocycles. The number of alkyl halides is 1. The van der Waals surface area contributed by atoms with E-state index in [1.54, 1.807) is 6.92 Å². The van der Waals surface area contributed by atoms with Crippen LogP contribution in [0.25, 0.3) is 0 Å². The van der Waals surface area contributed by atoms with Crippen molar-refractivity contribution in [1.29, 1.82) is 0 Å². The number of nitrogens with one attached hydrogen (secondary N) is 1. The minimum atomic E-state index is -1.39. The third kappa shape index (κ3) is 2.11. The van der Waals surface area contributed by atoms with Gasteiger partial charge >= 0.3 is 5.69 Å². The minimum absolute atomic E-state index is 0.298. The number of aromatic nitrogens is 2. The second-order valence-electron chi connectivity index (χ2n) is 4.28. The standard InChI is InChI=1S/C11H15FN2O4/c1-2-6-7(5-15)18-10(9(6)12)14-4-3-8(16)13-11(14)17/h3-4,6-7,9-10,15H,2,5H2,1H3,(H,13,16,17)/t6-,7-,9-,10-/m1/s1. The molecule has 1 aromatic rings. The second kappa shape index (κ2) is 5.03. The highest BCUT2D eigenvalue weighted by Crippen LogP contribution is 2.37. The van der Waals surface area contributed by atoms with Crippen molar-refractivity contribution < 1.29 is 14.2 Å². The van der Waals surface area contributed by atoms with E-state index in [-0.39, 0.29) is 6.61 Å². The average Bonchev–Trinajstić information content (AvgIpc) is 2.66. The van der Waals surface area contributed by atoms with Crippen LogP contribution in [0.4, 0.5) is 4.39 Å². The number of H-pyrrole nitrogens is 1. The molecule has 0 radical (unpaired) electrons. The zero-order chi connectivity index (χ0) is 13.3. The molecule has 6 nitrogen and oxygen atoms in total. The zero-order valence-electron chi connectivity index (χ0n) is 9.88. The van der Waals surface area contributed by atoms with Crippen molar-refractivity contribution in [3.05, 3.63) is 33.1 Å². The summed E-state index contributed by atoms with van der Waals surface area (Å²) in [7, 11) is 0. The molecule has 0 bridgehead atoms. The van der Waals surface area contributed by atoms with Crippen molar-refractivity contribution in [3.63, 3.8) is 0 Å². The maximum Gasteiger partial charge on any atom is 0.330 e. The molecule has 0 aliphatic carbocycles. The van der Waals surface area contributed by atoms with E-state index in [0.29, 0.717) is 6.42 Å². The van der Waals surface area contributed by atoms with Crippen molar-refractivity contribution >= 4 is 0 Å². The summed E-state index contributed by atoms with van der Waals surface area (Å²) in [5, 5.41) is 9.13. The lowest BCUT2D eigenvalue weighted by molar-refractivity contribution is -0.0425. The van der Waals surface area contributed by atoms with Gasteiger partial charge in [0.05, 0.1) is 12.7 Å². The molecule has 1 aliphatic rings. The molecular weight excluding hydrogens is 243 g/mol. The SMILES string of the molecule is CC[C@H]1[C@@H](F)[C@H](n2ccc(=O)[nH]c2=O)O[C@@H]1CO. The third-order valence-corrected chi connectivity index (χ3v) is 3.25. The molecule has 2 N–H and O–H groups in total. The Balaban J connectivity index is 2.34. The fourth-order valence-electron chi connectivity index (χ4n) is 2.28. The van der Waals surface area contributed by atoms with E-state index in [1.807, 2.05) is 4.98 Å². The summed E-state index contributed by atoms with van der Waals surface area (Å²) in [5.41, 5.74) is -1.26. The largest absolute Gasteiger partial charge is 0.394 e. The second-order valence-corrected chi connectivity index (χ2v) is 4.28. The molecule has 2 rings (SSSR count). The van der Waals surface area contributed by atoms with Crippen LogP contribution in [-0.2, 0) is 4.74 Å². The molecule has 100 valence electrons. The van der Waals surface area contributed by atoms with Gasteiger partial charge in [-0.05, 0) is 6.42 Å². The fourth-order valence-corrected chi connectivity index (χ4v) is 2.28. The number of hydrogen-bond acceptors (Lipinski definition) is 4. The molecule has 1 aromatic heterocycles. The summed E-state index contributed by atoms with van der Waals surface area (Å²) in [4.78, 5) is 24.5. The van der Waals surface area contributed by atoms with Crippen molar-refractivity contribution in [3.8, 4) is 0 Å².